The molecule has 1 saturated heterocycles. The highest BCUT2D eigenvalue weighted by Crippen LogP contribution is 2.18. The van der Waals surface area contributed by atoms with E-state index in [1.165, 1.54) is 12.8 Å². The zero-order chi connectivity index (χ0) is 12.9. The van der Waals surface area contributed by atoms with E-state index in [0.717, 1.165) is 25.9 Å². The van der Waals surface area contributed by atoms with Crippen LogP contribution in [0.3, 0.4) is 0 Å². The van der Waals surface area contributed by atoms with E-state index in [-0.39, 0.29) is 12.3 Å². The minimum Gasteiger partial charge on any atom is -0.444 e. The van der Waals surface area contributed by atoms with Gasteiger partial charge in [0.05, 0.1) is 6.17 Å². The molecule has 0 spiro atoms. The monoisotopic (exact) mass is 242 g/mol. The quantitative estimate of drug-likeness (QED) is 0.809. The van der Waals surface area contributed by atoms with Crippen LogP contribution in [0.5, 0.6) is 0 Å². The molecular weight excluding hydrogens is 216 g/mol. The van der Waals surface area contributed by atoms with Crippen molar-refractivity contribution in [3.05, 3.63) is 0 Å². The van der Waals surface area contributed by atoms with Crippen molar-refractivity contribution in [2.75, 3.05) is 13.1 Å². The summed E-state index contributed by atoms with van der Waals surface area (Å²) in [4.78, 5) is 14.0. The molecule has 1 aliphatic heterocycles. The lowest BCUT2D eigenvalue weighted by molar-refractivity contribution is 0.0133. The van der Waals surface area contributed by atoms with Crippen molar-refractivity contribution in [2.45, 2.75) is 65.1 Å². The minimum absolute atomic E-state index is 0.136. The van der Waals surface area contributed by atoms with E-state index in [9.17, 15) is 4.79 Å². The molecule has 0 aromatic rings. The van der Waals surface area contributed by atoms with Crippen LogP contribution >= 0.6 is 0 Å². The first-order chi connectivity index (χ1) is 7.94. The summed E-state index contributed by atoms with van der Waals surface area (Å²) < 4.78 is 5.46. The van der Waals surface area contributed by atoms with Gasteiger partial charge in [-0.15, -0.1) is 0 Å². The van der Waals surface area contributed by atoms with Crippen LogP contribution in [0.1, 0.15) is 53.4 Å². The number of nitrogens with one attached hydrogen (secondary N) is 1. The summed E-state index contributed by atoms with van der Waals surface area (Å²) in [5.41, 5.74) is -0.417. The third-order valence-corrected chi connectivity index (χ3v) is 2.82. The summed E-state index contributed by atoms with van der Waals surface area (Å²) in [5, 5.41) is 3.37. The average Bonchev–Trinajstić information content (AvgIpc) is 2.41. The van der Waals surface area contributed by atoms with Crippen LogP contribution in [0.15, 0.2) is 0 Å². The Kier molecular flexibility index (Phi) is 5.25. The molecule has 1 heterocycles. The van der Waals surface area contributed by atoms with Crippen LogP contribution in [-0.2, 0) is 4.74 Å². The molecule has 0 aromatic carbocycles. The molecule has 4 heteroatoms. The molecule has 1 rings (SSSR count). The summed E-state index contributed by atoms with van der Waals surface area (Å²) >= 11 is 0. The second kappa shape index (κ2) is 6.24. The Labute approximate surface area is 105 Å². The van der Waals surface area contributed by atoms with Gasteiger partial charge in [0.25, 0.3) is 0 Å². The van der Waals surface area contributed by atoms with Gasteiger partial charge in [0.2, 0.25) is 0 Å². The predicted octanol–water partition coefficient (Wildman–Crippen LogP) is 2.73. The number of ether oxygens (including phenoxy) is 1. The van der Waals surface area contributed by atoms with E-state index in [4.69, 9.17) is 4.74 Å². The molecule has 0 aliphatic carbocycles. The smallest absolute Gasteiger partial charge is 0.411 e. The first-order valence-electron chi connectivity index (χ1n) is 6.67. The van der Waals surface area contributed by atoms with Crippen LogP contribution < -0.4 is 5.32 Å². The van der Waals surface area contributed by atoms with Crippen LogP contribution in [0.2, 0.25) is 0 Å². The van der Waals surface area contributed by atoms with Crippen molar-refractivity contribution in [3.8, 4) is 0 Å². The second-order valence-corrected chi connectivity index (χ2v) is 5.60. The third kappa shape index (κ3) is 4.94. The van der Waals surface area contributed by atoms with Crippen LogP contribution in [0.25, 0.3) is 0 Å². The Morgan fingerprint density at radius 2 is 2.06 bits per heavy atom. The Hall–Kier alpha value is -0.770. The zero-order valence-corrected chi connectivity index (χ0v) is 11.6. The van der Waals surface area contributed by atoms with Crippen molar-refractivity contribution in [3.63, 3.8) is 0 Å². The fourth-order valence-electron chi connectivity index (χ4n) is 2.10. The van der Waals surface area contributed by atoms with Crippen molar-refractivity contribution in [2.24, 2.45) is 0 Å². The van der Waals surface area contributed by atoms with Crippen molar-refractivity contribution >= 4 is 6.09 Å². The summed E-state index contributed by atoms with van der Waals surface area (Å²) in [7, 11) is 0. The van der Waals surface area contributed by atoms with Gasteiger partial charge in [0, 0.05) is 6.54 Å². The van der Waals surface area contributed by atoms with Gasteiger partial charge in [0.1, 0.15) is 5.60 Å². The van der Waals surface area contributed by atoms with E-state index in [2.05, 4.69) is 12.2 Å². The zero-order valence-electron chi connectivity index (χ0n) is 11.6. The van der Waals surface area contributed by atoms with Crippen LogP contribution in [0, 0.1) is 0 Å². The molecule has 0 unspecified atom stereocenters. The number of hydrogen-bond donors (Lipinski definition) is 1. The van der Waals surface area contributed by atoms with E-state index in [1.807, 2.05) is 25.7 Å². The summed E-state index contributed by atoms with van der Waals surface area (Å²) in [6, 6.07) is 0. The molecule has 17 heavy (non-hydrogen) atoms. The van der Waals surface area contributed by atoms with Crippen LogP contribution in [0.4, 0.5) is 4.79 Å². The maximum atomic E-state index is 12.1. The van der Waals surface area contributed by atoms with Gasteiger partial charge in [-0.25, -0.2) is 4.79 Å². The number of carbonyl (C=O) groups is 1. The van der Waals surface area contributed by atoms with Crippen molar-refractivity contribution < 1.29 is 9.53 Å². The topological polar surface area (TPSA) is 41.6 Å². The SMILES string of the molecule is CCN[C@@H]1CCCCCN1C(=O)OC(C)(C)C. The Morgan fingerprint density at radius 1 is 1.35 bits per heavy atom. The highest BCUT2D eigenvalue weighted by molar-refractivity contribution is 5.68. The number of likely N-dealkylation sites (tertiary alicyclic amines) is 1. The molecule has 1 atom stereocenters. The lowest BCUT2D eigenvalue weighted by Gasteiger charge is -2.32. The van der Waals surface area contributed by atoms with E-state index in [0.29, 0.717) is 0 Å². The third-order valence-electron chi connectivity index (χ3n) is 2.82. The molecule has 4 nitrogen and oxygen atoms in total. The van der Waals surface area contributed by atoms with Crippen molar-refractivity contribution in [1.29, 1.82) is 0 Å². The molecule has 1 fully saturated rings. The van der Waals surface area contributed by atoms with Crippen molar-refractivity contribution in [1.82, 2.24) is 10.2 Å². The minimum atomic E-state index is -0.417. The first kappa shape index (κ1) is 14.3. The molecular formula is C13H26N2O2. The normalized spacial score (nSPS) is 22.1. The number of hydrogen-bond acceptors (Lipinski definition) is 3. The first-order valence-corrected chi connectivity index (χ1v) is 6.67. The predicted molar refractivity (Wildman–Crippen MR) is 68.9 cm³/mol. The number of nitrogens with zero attached hydrogens (tertiary/aromatic N) is 1. The largest absolute Gasteiger partial charge is 0.444 e. The number of amides is 1. The van der Waals surface area contributed by atoms with Gasteiger partial charge in [-0.3, -0.25) is 10.2 Å². The molecule has 1 aliphatic rings. The number of rotatable bonds is 2. The lowest BCUT2D eigenvalue weighted by Crippen LogP contribution is -2.50. The Morgan fingerprint density at radius 3 is 2.65 bits per heavy atom. The molecule has 0 radical (unpaired) electrons. The molecule has 1 N–H and O–H groups in total. The highest BCUT2D eigenvalue weighted by Gasteiger charge is 2.28. The highest BCUT2D eigenvalue weighted by atomic mass is 16.6. The van der Waals surface area contributed by atoms with Gasteiger partial charge in [-0.2, -0.15) is 0 Å². The fourth-order valence-corrected chi connectivity index (χ4v) is 2.10. The molecule has 1 amide bonds. The second-order valence-electron chi connectivity index (χ2n) is 5.60. The van der Waals surface area contributed by atoms with E-state index in [1.54, 1.807) is 0 Å². The van der Waals surface area contributed by atoms with Gasteiger partial charge in [-0.05, 0) is 46.6 Å². The van der Waals surface area contributed by atoms with Gasteiger partial charge in [-0.1, -0.05) is 13.3 Å². The van der Waals surface area contributed by atoms with Gasteiger partial charge < -0.3 is 4.74 Å². The summed E-state index contributed by atoms with van der Waals surface area (Å²) in [6.07, 6.45) is 4.41. The maximum Gasteiger partial charge on any atom is 0.411 e. The summed E-state index contributed by atoms with van der Waals surface area (Å²) in [5.74, 6) is 0. The molecule has 100 valence electrons. The fraction of sp³-hybridized carbons (Fsp3) is 0.923. The molecule has 0 saturated carbocycles. The van der Waals surface area contributed by atoms with E-state index >= 15 is 0 Å². The Balaban J connectivity index is 2.64. The lowest BCUT2D eigenvalue weighted by atomic mass is 10.2. The number of carbonyl (C=O) groups excluding carboxylic acids is 1. The average molecular weight is 242 g/mol. The van der Waals surface area contributed by atoms with Gasteiger partial charge >= 0.3 is 6.09 Å². The molecule has 0 aromatic heterocycles. The maximum absolute atomic E-state index is 12.1. The molecule has 0 bridgehead atoms. The van der Waals surface area contributed by atoms with Crippen LogP contribution in [-0.4, -0.2) is 35.8 Å². The van der Waals surface area contributed by atoms with Gasteiger partial charge in [0.15, 0.2) is 0 Å². The van der Waals surface area contributed by atoms with E-state index < -0.39 is 5.60 Å². The standard InChI is InChI=1S/C13H26N2O2/c1-5-14-11-9-7-6-8-10-15(11)12(16)17-13(2,3)4/h11,14H,5-10H2,1-4H3/t11-/m0/s1. The Bertz CT molecular complexity index is 248. The summed E-state index contributed by atoms with van der Waals surface area (Å²) in [6.45, 7) is 9.47.